The second-order valence-corrected chi connectivity index (χ2v) is 13.5. The van der Waals surface area contributed by atoms with Gasteiger partial charge in [-0.2, -0.15) is 0 Å². The highest BCUT2D eigenvalue weighted by Gasteiger charge is 2.23. The van der Waals surface area contributed by atoms with E-state index in [0.29, 0.717) is 33.5 Å². The predicted octanol–water partition coefficient (Wildman–Crippen LogP) is 10.2. The van der Waals surface area contributed by atoms with E-state index in [4.69, 9.17) is 16.0 Å². The molecule has 0 bridgehead atoms. The number of halogens is 2. The second kappa shape index (κ2) is 16.4. The summed E-state index contributed by atoms with van der Waals surface area (Å²) in [5.74, 6) is -0.173. The Kier molecular flexibility index (Phi) is 11.3. The van der Waals surface area contributed by atoms with Gasteiger partial charge in [-0.1, -0.05) is 88.2 Å². The molecule has 3 amide bonds. The molecule has 1 atom stereocenters. The quantitative estimate of drug-likeness (QED) is 0.0902. The molecule has 0 saturated carbocycles. The van der Waals surface area contributed by atoms with Crippen LogP contribution in [0.5, 0.6) is 0 Å². The van der Waals surface area contributed by atoms with E-state index in [1.807, 2.05) is 72.8 Å². The van der Waals surface area contributed by atoms with Crippen LogP contribution in [0.1, 0.15) is 26.9 Å². The van der Waals surface area contributed by atoms with Crippen molar-refractivity contribution in [3.8, 4) is 11.3 Å². The summed E-state index contributed by atoms with van der Waals surface area (Å²) in [7, 11) is 0. The molecule has 5 aromatic carbocycles. The molecule has 0 aliphatic rings. The molecular weight excluding hydrogens is 734 g/mol. The summed E-state index contributed by atoms with van der Waals surface area (Å²) < 4.78 is 6.96. The molecule has 248 valence electrons. The number of anilines is 2. The standard InChI is InChI=1S/C40H29BrClN3O4S/c41-29-13-11-26(12-14-29)36-24-21-33(49-36)25-35(45-38(46)28-9-5-2-6-10-28)39(47)43-32-19-22-34(23-20-32)50-37(27-7-3-1-4-8-27)40(48)44-31-17-15-30(42)16-18-31/h1-25,37H,(H,43,47)(H,44,48)(H,45,46). The van der Waals surface area contributed by atoms with Gasteiger partial charge < -0.3 is 20.4 Å². The van der Waals surface area contributed by atoms with Crippen molar-refractivity contribution in [2.24, 2.45) is 0 Å². The van der Waals surface area contributed by atoms with Crippen LogP contribution in [0.2, 0.25) is 5.02 Å². The molecule has 6 rings (SSSR count). The zero-order valence-corrected chi connectivity index (χ0v) is 29.5. The predicted molar refractivity (Wildman–Crippen MR) is 204 cm³/mol. The summed E-state index contributed by atoms with van der Waals surface area (Å²) in [6.45, 7) is 0. The molecule has 0 aliphatic heterocycles. The number of nitrogens with one attached hydrogen (secondary N) is 3. The van der Waals surface area contributed by atoms with E-state index in [1.165, 1.54) is 17.8 Å². The molecule has 1 unspecified atom stereocenters. The fourth-order valence-corrected chi connectivity index (χ4v) is 6.29. The van der Waals surface area contributed by atoms with Crippen LogP contribution in [0.4, 0.5) is 11.4 Å². The van der Waals surface area contributed by atoms with Crippen molar-refractivity contribution < 1.29 is 18.8 Å². The topological polar surface area (TPSA) is 100 Å². The Morgan fingerprint density at radius 2 is 1.32 bits per heavy atom. The van der Waals surface area contributed by atoms with Gasteiger partial charge in [0.05, 0.1) is 0 Å². The van der Waals surface area contributed by atoms with Crippen molar-refractivity contribution in [3.05, 3.63) is 178 Å². The average molecular weight is 763 g/mol. The normalized spacial score (nSPS) is 11.8. The van der Waals surface area contributed by atoms with E-state index >= 15 is 0 Å². The number of hydrogen-bond donors (Lipinski definition) is 3. The first kappa shape index (κ1) is 34.5. The molecule has 0 saturated heterocycles. The van der Waals surface area contributed by atoms with Gasteiger partial charge in [0.1, 0.15) is 22.5 Å². The minimum atomic E-state index is -0.550. The zero-order chi connectivity index (χ0) is 34.9. The van der Waals surface area contributed by atoms with Gasteiger partial charge in [-0.25, -0.2) is 0 Å². The van der Waals surface area contributed by atoms with Gasteiger partial charge in [0.25, 0.3) is 11.8 Å². The van der Waals surface area contributed by atoms with Gasteiger partial charge in [0.2, 0.25) is 5.91 Å². The lowest BCUT2D eigenvalue weighted by molar-refractivity contribution is -0.116. The average Bonchev–Trinajstić information content (AvgIpc) is 3.61. The van der Waals surface area contributed by atoms with Gasteiger partial charge in [0.15, 0.2) is 0 Å². The third-order valence-corrected chi connectivity index (χ3v) is 9.44. The number of carbonyl (C=O) groups is 3. The van der Waals surface area contributed by atoms with Crippen molar-refractivity contribution in [2.75, 3.05) is 10.6 Å². The summed E-state index contributed by atoms with van der Waals surface area (Å²) in [5.41, 5.74) is 3.23. The third kappa shape index (κ3) is 9.21. The van der Waals surface area contributed by atoms with Gasteiger partial charge in [-0.15, -0.1) is 11.8 Å². The summed E-state index contributed by atoms with van der Waals surface area (Å²) in [4.78, 5) is 41.0. The number of thioether (sulfide) groups is 1. The molecule has 0 spiro atoms. The fraction of sp³-hybridized carbons (Fsp3) is 0.0250. The number of furan rings is 1. The van der Waals surface area contributed by atoms with Crippen molar-refractivity contribution in [2.45, 2.75) is 10.1 Å². The summed E-state index contributed by atoms with van der Waals surface area (Å²) in [5, 5.41) is 8.61. The van der Waals surface area contributed by atoms with E-state index < -0.39 is 17.1 Å². The van der Waals surface area contributed by atoms with Crippen LogP contribution in [-0.2, 0) is 9.59 Å². The van der Waals surface area contributed by atoms with Crippen LogP contribution in [-0.4, -0.2) is 17.7 Å². The lowest BCUT2D eigenvalue weighted by Crippen LogP contribution is -2.30. The van der Waals surface area contributed by atoms with Crippen LogP contribution >= 0.6 is 39.3 Å². The van der Waals surface area contributed by atoms with Crippen LogP contribution < -0.4 is 16.0 Å². The zero-order valence-electron chi connectivity index (χ0n) is 26.3. The minimum absolute atomic E-state index is 0.00276. The van der Waals surface area contributed by atoms with E-state index in [-0.39, 0.29) is 11.6 Å². The van der Waals surface area contributed by atoms with Crippen molar-refractivity contribution in [1.82, 2.24) is 5.32 Å². The van der Waals surface area contributed by atoms with Crippen LogP contribution in [0.3, 0.4) is 0 Å². The van der Waals surface area contributed by atoms with Crippen molar-refractivity contribution >= 4 is 74.5 Å². The second-order valence-electron chi connectivity index (χ2n) is 11.0. The number of benzene rings is 5. The maximum atomic E-state index is 13.6. The molecule has 0 fully saturated rings. The minimum Gasteiger partial charge on any atom is -0.457 e. The molecule has 3 N–H and O–H groups in total. The van der Waals surface area contributed by atoms with E-state index in [9.17, 15) is 14.4 Å². The molecule has 1 heterocycles. The monoisotopic (exact) mass is 761 g/mol. The molecule has 0 radical (unpaired) electrons. The Hall–Kier alpha value is -5.35. The number of hydrogen-bond acceptors (Lipinski definition) is 5. The van der Waals surface area contributed by atoms with Crippen molar-refractivity contribution in [1.29, 1.82) is 0 Å². The third-order valence-electron chi connectivity index (χ3n) is 7.39. The van der Waals surface area contributed by atoms with Crippen LogP contribution in [0, 0.1) is 0 Å². The Labute approximate surface area is 306 Å². The Morgan fingerprint density at radius 3 is 2.00 bits per heavy atom. The molecule has 1 aromatic heterocycles. The molecule has 10 heteroatoms. The highest BCUT2D eigenvalue weighted by atomic mass is 79.9. The van der Waals surface area contributed by atoms with Crippen molar-refractivity contribution in [3.63, 3.8) is 0 Å². The van der Waals surface area contributed by atoms with Gasteiger partial charge >= 0.3 is 0 Å². The fourth-order valence-electron chi connectivity index (χ4n) is 4.88. The Balaban J connectivity index is 1.20. The number of amides is 3. The Bertz CT molecular complexity index is 2120. The molecule has 6 aromatic rings. The first-order chi connectivity index (χ1) is 24.3. The summed E-state index contributed by atoms with van der Waals surface area (Å²) >= 11 is 10.8. The van der Waals surface area contributed by atoms with Gasteiger partial charge in [-0.05, 0) is 90.5 Å². The lowest BCUT2D eigenvalue weighted by Gasteiger charge is -2.17. The van der Waals surface area contributed by atoms with E-state index in [0.717, 1.165) is 20.5 Å². The van der Waals surface area contributed by atoms with E-state index in [2.05, 4.69) is 31.9 Å². The number of rotatable bonds is 11. The molecule has 50 heavy (non-hydrogen) atoms. The first-order valence-electron chi connectivity index (χ1n) is 15.4. The smallest absolute Gasteiger partial charge is 0.272 e. The van der Waals surface area contributed by atoms with Crippen LogP contribution in [0.15, 0.2) is 165 Å². The lowest BCUT2D eigenvalue weighted by atomic mass is 10.1. The molecular formula is C40H29BrClN3O4S. The number of carbonyl (C=O) groups excluding carboxylic acids is 3. The summed E-state index contributed by atoms with van der Waals surface area (Å²) in [6, 6.07) is 43.4. The first-order valence-corrected chi connectivity index (χ1v) is 17.5. The van der Waals surface area contributed by atoms with Gasteiger partial charge in [-0.3, -0.25) is 14.4 Å². The SMILES string of the molecule is O=C(Nc1ccc(SC(C(=O)Nc2ccc(Cl)cc2)c2ccccc2)cc1)C(=Cc1ccc(-c2ccc(Br)cc2)o1)NC(=O)c1ccccc1. The largest absolute Gasteiger partial charge is 0.457 e. The Morgan fingerprint density at radius 1 is 0.700 bits per heavy atom. The molecule has 0 aliphatic carbocycles. The van der Waals surface area contributed by atoms with Gasteiger partial charge in [0, 0.05) is 43.0 Å². The highest BCUT2D eigenvalue weighted by Crippen LogP contribution is 2.37. The van der Waals surface area contributed by atoms with Crippen LogP contribution in [0.25, 0.3) is 17.4 Å². The highest BCUT2D eigenvalue weighted by molar-refractivity contribution is 9.10. The molecule has 7 nitrogen and oxygen atoms in total. The maximum absolute atomic E-state index is 13.6. The maximum Gasteiger partial charge on any atom is 0.272 e. The van der Waals surface area contributed by atoms with E-state index in [1.54, 1.807) is 72.8 Å². The summed E-state index contributed by atoms with van der Waals surface area (Å²) in [6.07, 6.45) is 1.49.